The Morgan fingerprint density at radius 1 is 1.29 bits per heavy atom. The van der Waals surface area contributed by atoms with Gasteiger partial charge in [-0.2, -0.15) is 13.2 Å². The van der Waals surface area contributed by atoms with Crippen LogP contribution < -0.4 is 10.6 Å². The lowest BCUT2D eigenvalue weighted by molar-refractivity contribution is -0.384. The van der Waals surface area contributed by atoms with Gasteiger partial charge < -0.3 is 20.7 Å². The molecular formula is C14H14F3N7O4. The van der Waals surface area contributed by atoms with Gasteiger partial charge in [-0.15, -0.1) is 0 Å². The minimum absolute atomic E-state index is 0.0142. The molecule has 3 N–H and O–H groups in total. The van der Waals surface area contributed by atoms with Crippen molar-refractivity contribution in [3.05, 3.63) is 39.6 Å². The molecule has 2 aromatic rings. The lowest BCUT2D eigenvalue weighted by atomic mass is 10.1. The number of aromatic nitrogens is 2. The molecule has 0 amide bonds. The van der Waals surface area contributed by atoms with Crippen molar-refractivity contribution in [3.8, 4) is 0 Å². The van der Waals surface area contributed by atoms with Gasteiger partial charge in [-0.3, -0.25) is 10.1 Å². The molecule has 1 aromatic heterocycles. The quantitative estimate of drug-likeness (QED) is 0.257. The molecular weight excluding hydrogens is 387 g/mol. The predicted molar refractivity (Wildman–Crippen MR) is 88.9 cm³/mol. The molecule has 0 unspecified atom stereocenters. The molecule has 0 bridgehead atoms. The Labute approximate surface area is 154 Å². The molecule has 0 aliphatic carbocycles. The van der Waals surface area contributed by atoms with Crippen molar-refractivity contribution in [2.24, 2.45) is 5.16 Å². The zero-order chi connectivity index (χ0) is 20.5. The zero-order valence-electron chi connectivity index (χ0n) is 14.1. The summed E-state index contributed by atoms with van der Waals surface area (Å²) in [5.74, 6) is -0.0612. The molecule has 0 spiro atoms. The van der Waals surface area contributed by atoms with Gasteiger partial charge >= 0.3 is 6.18 Å². The molecule has 0 radical (unpaired) electrons. The number of anilines is 2. The Balaban J connectivity index is 1.80. The molecule has 1 aliphatic rings. The van der Waals surface area contributed by atoms with E-state index in [9.17, 15) is 28.5 Å². The van der Waals surface area contributed by atoms with Crippen LogP contribution in [0.5, 0.6) is 0 Å². The number of nitrogen functional groups attached to an aromatic ring is 1. The normalized spacial score (nSPS) is 15.8. The Morgan fingerprint density at radius 3 is 2.46 bits per heavy atom. The monoisotopic (exact) mass is 401 g/mol. The van der Waals surface area contributed by atoms with Crippen LogP contribution in [0.3, 0.4) is 0 Å². The second kappa shape index (κ2) is 7.21. The molecule has 0 atom stereocenters. The summed E-state index contributed by atoms with van der Waals surface area (Å²) in [5.41, 5.74) is 3.96. The van der Waals surface area contributed by atoms with E-state index in [1.165, 1.54) is 0 Å². The van der Waals surface area contributed by atoms with Crippen LogP contribution in [-0.4, -0.2) is 57.4 Å². The van der Waals surface area contributed by atoms with Crippen molar-refractivity contribution in [1.82, 2.24) is 15.2 Å². The van der Waals surface area contributed by atoms with Gasteiger partial charge in [-0.1, -0.05) is 5.16 Å². The Bertz CT molecular complexity index is 907. The van der Waals surface area contributed by atoms with E-state index in [1.54, 1.807) is 9.80 Å². The third-order valence-corrected chi connectivity index (χ3v) is 4.24. The van der Waals surface area contributed by atoms with Gasteiger partial charge in [0.05, 0.1) is 10.5 Å². The molecule has 28 heavy (non-hydrogen) atoms. The summed E-state index contributed by atoms with van der Waals surface area (Å²) in [4.78, 5) is 13.6. The lowest BCUT2D eigenvalue weighted by Gasteiger charge is -2.36. The number of piperazine rings is 1. The van der Waals surface area contributed by atoms with Crippen LogP contribution in [-0.2, 0) is 6.18 Å². The number of amidine groups is 1. The van der Waals surface area contributed by atoms with Gasteiger partial charge in [0.1, 0.15) is 5.69 Å². The third kappa shape index (κ3) is 3.60. The van der Waals surface area contributed by atoms with Crippen molar-refractivity contribution in [2.75, 3.05) is 36.8 Å². The first-order valence-electron chi connectivity index (χ1n) is 7.88. The fourth-order valence-electron chi connectivity index (χ4n) is 2.88. The predicted octanol–water partition coefficient (Wildman–Crippen LogP) is 1.54. The number of nitro groups is 1. The topological polar surface area (TPSA) is 147 Å². The second-order valence-electron chi connectivity index (χ2n) is 5.85. The minimum atomic E-state index is -4.68. The smallest absolute Gasteiger partial charge is 0.409 e. The standard InChI is InChI=1S/C14H14F3N7O4/c15-14(16,17)8-1-2-9(10(7-8)24(26)27)22-3-5-23(6-4-22)13(19-25)11-12(18)21-28-20-11/h1-2,7,25H,3-6H2,(H2,18,21). The van der Waals surface area contributed by atoms with Crippen molar-refractivity contribution in [1.29, 1.82) is 0 Å². The Morgan fingerprint density at radius 2 is 1.96 bits per heavy atom. The number of oxime groups is 1. The van der Waals surface area contributed by atoms with Gasteiger partial charge in [0.15, 0.2) is 11.5 Å². The summed E-state index contributed by atoms with van der Waals surface area (Å²) in [7, 11) is 0. The van der Waals surface area contributed by atoms with E-state index in [0.717, 1.165) is 12.1 Å². The van der Waals surface area contributed by atoms with E-state index < -0.39 is 22.4 Å². The van der Waals surface area contributed by atoms with Crippen LogP contribution in [0.2, 0.25) is 0 Å². The number of nitro benzene ring substituents is 1. The molecule has 11 nitrogen and oxygen atoms in total. The van der Waals surface area contributed by atoms with Gasteiger partial charge in [0.2, 0.25) is 5.84 Å². The number of benzene rings is 1. The van der Waals surface area contributed by atoms with Crippen molar-refractivity contribution >= 4 is 23.0 Å². The maximum absolute atomic E-state index is 12.8. The van der Waals surface area contributed by atoms with Crippen molar-refractivity contribution in [3.63, 3.8) is 0 Å². The Hall–Kier alpha value is -3.58. The first-order valence-corrected chi connectivity index (χ1v) is 7.88. The molecule has 1 aromatic carbocycles. The van der Waals surface area contributed by atoms with Gasteiger partial charge in [-0.05, 0) is 22.4 Å². The molecule has 150 valence electrons. The average Bonchev–Trinajstić information content (AvgIpc) is 3.07. The van der Waals surface area contributed by atoms with Crippen LogP contribution in [0, 0.1) is 10.1 Å². The maximum atomic E-state index is 12.8. The Kier molecular flexibility index (Phi) is 4.94. The largest absolute Gasteiger partial charge is 0.416 e. The minimum Gasteiger partial charge on any atom is -0.409 e. The van der Waals surface area contributed by atoms with Crippen LogP contribution in [0.25, 0.3) is 0 Å². The summed E-state index contributed by atoms with van der Waals surface area (Å²) >= 11 is 0. The summed E-state index contributed by atoms with van der Waals surface area (Å²) < 4.78 is 43.0. The average molecular weight is 401 g/mol. The second-order valence-corrected chi connectivity index (χ2v) is 5.85. The fraction of sp³-hybridized carbons (Fsp3) is 0.357. The number of hydrogen-bond donors (Lipinski definition) is 2. The highest BCUT2D eigenvalue weighted by molar-refractivity contribution is 6.00. The molecule has 3 rings (SSSR count). The summed E-state index contributed by atoms with van der Waals surface area (Å²) in [6.45, 7) is 0.917. The molecule has 1 aliphatic heterocycles. The summed E-state index contributed by atoms with van der Waals surface area (Å²) in [5, 5.41) is 30.6. The molecule has 0 saturated carbocycles. The summed E-state index contributed by atoms with van der Waals surface area (Å²) in [6.07, 6.45) is -4.68. The number of alkyl halides is 3. The van der Waals surface area contributed by atoms with E-state index in [-0.39, 0.29) is 49.2 Å². The zero-order valence-corrected chi connectivity index (χ0v) is 14.1. The van der Waals surface area contributed by atoms with Crippen LogP contribution in [0.1, 0.15) is 11.3 Å². The highest BCUT2D eigenvalue weighted by Crippen LogP contribution is 2.36. The van der Waals surface area contributed by atoms with Gasteiger partial charge in [0.25, 0.3) is 5.69 Å². The van der Waals surface area contributed by atoms with E-state index in [0.29, 0.717) is 6.07 Å². The summed E-state index contributed by atoms with van der Waals surface area (Å²) in [6, 6.07) is 2.40. The fourth-order valence-corrected chi connectivity index (χ4v) is 2.88. The number of hydrogen-bond acceptors (Lipinski definition) is 9. The van der Waals surface area contributed by atoms with Crippen molar-refractivity contribution in [2.45, 2.75) is 6.18 Å². The number of rotatable bonds is 3. The number of halogens is 3. The molecule has 2 heterocycles. The van der Waals surface area contributed by atoms with E-state index >= 15 is 0 Å². The van der Waals surface area contributed by atoms with Crippen LogP contribution >= 0.6 is 0 Å². The molecule has 1 saturated heterocycles. The SMILES string of the molecule is Nc1nonc1C(=NO)N1CCN(c2ccc(C(F)(F)F)cc2[N+](=O)[O-])CC1. The van der Waals surface area contributed by atoms with E-state index in [1.807, 2.05) is 0 Å². The number of nitrogens with two attached hydrogens (primary N) is 1. The van der Waals surface area contributed by atoms with Crippen molar-refractivity contribution < 1.29 is 27.9 Å². The van der Waals surface area contributed by atoms with E-state index in [2.05, 4.69) is 20.1 Å². The first kappa shape index (κ1) is 19.2. The third-order valence-electron chi connectivity index (χ3n) is 4.24. The maximum Gasteiger partial charge on any atom is 0.416 e. The molecule has 1 fully saturated rings. The number of nitrogens with zero attached hydrogens (tertiary/aromatic N) is 6. The van der Waals surface area contributed by atoms with Gasteiger partial charge in [-0.25, -0.2) is 4.63 Å². The highest BCUT2D eigenvalue weighted by Gasteiger charge is 2.34. The lowest BCUT2D eigenvalue weighted by Crippen LogP contribution is -2.49. The molecule has 14 heteroatoms. The van der Waals surface area contributed by atoms with Crippen LogP contribution in [0.15, 0.2) is 28.0 Å². The first-order chi connectivity index (χ1) is 13.2. The highest BCUT2D eigenvalue weighted by atomic mass is 19.4. The van der Waals surface area contributed by atoms with E-state index in [4.69, 9.17) is 5.73 Å². The van der Waals surface area contributed by atoms with Gasteiger partial charge in [0, 0.05) is 32.2 Å². The van der Waals surface area contributed by atoms with Crippen LogP contribution in [0.4, 0.5) is 30.4 Å².